The van der Waals surface area contributed by atoms with E-state index in [2.05, 4.69) is 13.3 Å². The van der Waals surface area contributed by atoms with Gasteiger partial charge in [0.15, 0.2) is 0 Å². The fourth-order valence-corrected chi connectivity index (χ4v) is 0.988. The molecular formula is C8H15. The van der Waals surface area contributed by atoms with E-state index in [-0.39, 0.29) is 0 Å². The zero-order valence-electron chi connectivity index (χ0n) is 5.69. The van der Waals surface area contributed by atoms with Crippen LogP contribution in [0, 0.1) is 12.3 Å². The highest BCUT2D eigenvalue weighted by molar-refractivity contribution is 4.93. The molecule has 8 heavy (non-hydrogen) atoms. The molecule has 1 radical (unpaired) electrons. The third kappa shape index (κ3) is 2.34. The first-order valence-corrected chi connectivity index (χ1v) is 3.77. The molecule has 0 aliphatic heterocycles. The van der Waals surface area contributed by atoms with Crippen molar-refractivity contribution in [2.75, 3.05) is 0 Å². The van der Waals surface area contributed by atoms with Crippen molar-refractivity contribution < 1.29 is 0 Å². The summed E-state index contributed by atoms with van der Waals surface area (Å²) in [5.41, 5.74) is 0. The molecule has 0 N–H and O–H groups in total. The molecule has 1 saturated carbocycles. The Hall–Kier alpha value is 0. The molecule has 1 rings (SSSR count). The summed E-state index contributed by atoms with van der Waals surface area (Å²) in [6.07, 6.45) is 9.54. The maximum Gasteiger partial charge on any atom is -0.0352 e. The average molecular weight is 111 g/mol. The van der Waals surface area contributed by atoms with E-state index in [4.69, 9.17) is 0 Å². The van der Waals surface area contributed by atoms with Gasteiger partial charge >= 0.3 is 0 Å². The summed E-state index contributed by atoms with van der Waals surface area (Å²) >= 11 is 0. The Kier molecular flexibility index (Phi) is 2.38. The SMILES string of the molecule is CCCCC[C@H]1[CH]C1. The average Bonchev–Trinajstić information content (AvgIpc) is 2.51. The molecular weight excluding hydrogens is 96.1 g/mol. The summed E-state index contributed by atoms with van der Waals surface area (Å²) in [7, 11) is 0. The number of hydrogen-bond acceptors (Lipinski definition) is 0. The van der Waals surface area contributed by atoms with Crippen molar-refractivity contribution in [2.45, 2.75) is 39.0 Å². The molecule has 1 aliphatic carbocycles. The quantitative estimate of drug-likeness (QED) is 0.489. The standard InChI is InChI=1S/C8H15/c1-2-3-4-5-8-6-7-8/h6,8H,2-5,7H2,1H3/t8-/m0/s1. The maximum absolute atomic E-state index is 2.41. The minimum absolute atomic E-state index is 1.03. The van der Waals surface area contributed by atoms with Gasteiger partial charge in [-0.2, -0.15) is 0 Å². The molecule has 0 bridgehead atoms. The molecule has 1 fully saturated rings. The summed E-state index contributed by atoms with van der Waals surface area (Å²) in [5.74, 6) is 1.03. The van der Waals surface area contributed by atoms with Crippen LogP contribution in [0.3, 0.4) is 0 Å². The lowest BCUT2D eigenvalue weighted by Gasteiger charge is -1.92. The van der Waals surface area contributed by atoms with E-state index in [0.717, 1.165) is 5.92 Å². The van der Waals surface area contributed by atoms with Crippen LogP contribution < -0.4 is 0 Å². The van der Waals surface area contributed by atoms with Gasteiger partial charge in [-0.1, -0.05) is 32.6 Å². The molecule has 0 heteroatoms. The van der Waals surface area contributed by atoms with Crippen molar-refractivity contribution in [1.29, 1.82) is 0 Å². The first-order valence-electron chi connectivity index (χ1n) is 3.77. The Balaban J connectivity index is 1.74. The van der Waals surface area contributed by atoms with Crippen LogP contribution in [0.25, 0.3) is 0 Å². The lowest BCUT2D eigenvalue weighted by molar-refractivity contribution is 0.631. The molecule has 0 heterocycles. The van der Waals surface area contributed by atoms with Crippen LogP contribution in [-0.2, 0) is 0 Å². The van der Waals surface area contributed by atoms with Crippen molar-refractivity contribution in [3.8, 4) is 0 Å². The Morgan fingerprint density at radius 2 is 2.25 bits per heavy atom. The predicted octanol–water partition coefficient (Wildman–Crippen LogP) is 2.79. The minimum atomic E-state index is 1.03. The van der Waals surface area contributed by atoms with Crippen molar-refractivity contribution >= 4 is 0 Å². The van der Waals surface area contributed by atoms with Crippen LogP contribution in [-0.4, -0.2) is 0 Å². The molecule has 0 nitrogen and oxygen atoms in total. The maximum atomic E-state index is 2.41. The fourth-order valence-electron chi connectivity index (χ4n) is 0.988. The predicted molar refractivity (Wildman–Crippen MR) is 36.5 cm³/mol. The van der Waals surface area contributed by atoms with Gasteiger partial charge in [-0.25, -0.2) is 0 Å². The zero-order valence-corrected chi connectivity index (χ0v) is 5.69. The van der Waals surface area contributed by atoms with Crippen molar-refractivity contribution in [1.82, 2.24) is 0 Å². The highest BCUT2D eigenvalue weighted by atomic mass is 14.2. The van der Waals surface area contributed by atoms with Gasteiger partial charge in [-0.05, 0) is 18.8 Å². The van der Waals surface area contributed by atoms with Gasteiger partial charge in [0.1, 0.15) is 0 Å². The fraction of sp³-hybridized carbons (Fsp3) is 0.875. The second-order valence-corrected chi connectivity index (χ2v) is 2.73. The first kappa shape index (κ1) is 6.12. The van der Waals surface area contributed by atoms with E-state index in [0.29, 0.717) is 0 Å². The third-order valence-corrected chi connectivity index (χ3v) is 1.75. The Labute approximate surface area is 52.3 Å². The summed E-state index contributed by atoms with van der Waals surface area (Å²) in [4.78, 5) is 0. The molecule has 0 saturated heterocycles. The third-order valence-electron chi connectivity index (χ3n) is 1.75. The van der Waals surface area contributed by atoms with Crippen molar-refractivity contribution in [2.24, 2.45) is 5.92 Å². The summed E-state index contributed by atoms with van der Waals surface area (Å²) in [6, 6.07) is 0. The van der Waals surface area contributed by atoms with Gasteiger partial charge in [0, 0.05) is 0 Å². The van der Waals surface area contributed by atoms with Gasteiger partial charge in [0.05, 0.1) is 0 Å². The van der Waals surface area contributed by atoms with Crippen LogP contribution in [0.4, 0.5) is 0 Å². The largest absolute Gasteiger partial charge is 0.0654 e. The van der Waals surface area contributed by atoms with E-state index in [9.17, 15) is 0 Å². The molecule has 1 aliphatic rings. The highest BCUT2D eigenvalue weighted by Gasteiger charge is 2.20. The minimum Gasteiger partial charge on any atom is -0.0654 e. The monoisotopic (exact) mass is 111 g/mol. The van der Waals surface area contributed by atoms with Crippen LogP contribution in [0.15, 0.2) is 0 Å². The zero-order chi connectivity index (χ0) is 5.82. The number of unbranched alkanes of at least 4 members (excludes halogenated alkanes) is 2. The number of rotatable bonds is 4. The smallest absolute Gasteiger partial charge is 0.0352 e. The van der Waals surface area contributed by atoms with Gasteiger partial charge < -0.3 is 0 Å². The lowest BCUT2D eigenvalue weighted by atomic mass is 10.1. The van der Waals surface area contributed by atoms with Crippen LogP contribution >= 0.6 is 0 Å². The van der Waals surface area contributed by atoms with E-state index < -0.39 is 0 Å². The van der Waals surface area contributed by atoms with Crippen molar-refractivity contribution in [3.05, 3.63) is 6.42 Å². The normalized spacial score (nSPS) is 19.1. The van der Waals surface area contributed by atoms with E-state index >= 15 is 0 Å². The van der Waals surface area contributed by atoms with Gasteiger partial charge in [0.25, 0.3) is 0 Å². The van der Waals surface area contributed by atoms with Gasteiger partial charge in [-0.3, -0.25) is 0 Å². The van der Waals surface area contributed by atoms with Crippen LogP contribution in [0.5, 0.6) is 0 Å². The summed E-state index contributed by atoms with van der Waals surface area (Å²) in [6.45, 7) is 2.26. The topological polar surface area (TPSA) is 0 Å². The number of hydrogen-bond donors (Lipinski definition) is 0. The lowest BCUT2D eigenvalue weighted by Crippen LogP contribution is -1.76. The van der Waals surface area contributed by atoms with Crippen LogP contribution in [0.2, 0.25) is 0 Å². The van der Waals surface area contributed by atoms with E-state index in [1.165, 1.54) is 32.1 Å². The molecule has 1 atom stereocenters. The summed E-state index contributed by atoms with van der Waals surface area (Å²) < 4.78 is 0. The molecule has 47 valence electrons. The van der Waals surface area contributed by atoms with E-state index in [1.54, 1.807) is 0 Å². The first-order chi connectivity index (χ1) is 3.93. The second-order valence-electron chi connectivity index (χ2n) is 2.73. The van der Waals surface area contributed by atoms with Crippen LogP contribution in [0.1, 0.15) is 39.0 Å². The second kappa shape index (κ2) is 3.11. The highest BCUT2D eigenvalue weighted by Crippen LogP contribution is 2.32. The Morgan fingerprint density at radius 3 is 2.75 bits per heavy atom. The van der Waals surface area contributed by atoms with Gasteiger partial charge in [0.2, 0.25) is 0 Å². The molecule has 0 amide bonds. The molecule has 0 spiro atoms. The molecule has 0 aromatic carbocycles. The van der Waals surface area contributed by atoms with E-state index in [1.807, 2.05) is 0 Å². The van der Waals surface area contributed by atoms with Crippen molar-refractivity contribution in [3.63, 3.8) is 0 Å². The molecule has 0 aromatic rings. The Morgan fingerprint density at radius 1 is 1.50 bits per heavy atom. The van der Waals surface area contributed by atoms with Gasteiger partial charge in [-0.15, -0.1) is 0 Å². The summed E-state index contributed by atoms with van der Waals surface area (Å²) in [5, 5.41) is 0. The molecule has 0 unspecified atom stereocenters. The molecule has 0 aromatic heterocycles. The Bertz CT molecular complexity index is 53.1.